The van der Waals surface area contributed by atoms with Gasteiger partial charge in [-0.1, -0.05) is 190 Å². The summed E-state index contributed by atoms with van der Waals surface area (Å²) in [7, 11) is 0. The highest BCUT2D eigenvalue weighted by Crippen LogP contribution is 2.50. The maximum Gasteiger partial charge on any atom is 0.249 e. The van der Waals surface area contributed by atoms with Crippen LogP contribution >= 0.6 is 23.1 Å². The zero-order chi connectivity index (χ0) is 52.5. The molecule has 4 heterocycles. The molecule has 0 saturated heterocycles. The van der Waals surface area contributed by atoms with Crippen LogP contribution in [0.25, 0.3) is 63.7 Å². The zero-order valence-corrected chi connectivity index (χ0v) is 45.4. The summed E-state index contributed by atoms with van der Waals surface area (Å²) in [4.78, 5) is 9.89. The van der Waals surface area contributed by atoms with Crippen LogP contribution in [0.15, 0.2) is 263 Å². The summed E-state index contributed by atoms with van der Waals surface area (Å²) in [6.07, 6.45) is 0. The lowest BCUT2D eigenvalue weighted by Crippen LogP contribution is -2.59. The lowest BCUT2D eigenvalue weighted by atomic mass is 9.34. The fraction of sp³-hybridized carbons (Fsp3) is 0.0556. The first-order chi connectivity index (χ1) is 38.8. The van der Waals surface area contributed by atoms with E-state index in [2.05, 4.69) is 284 Å². The molecule has 79 heavy (non-hydrogen) atoms. The Morgan fingerprint density at radius 1 is 0.418 bits per heavy atom. The molecule has 0 fully saturated rings. The molecular weight excluding hydrogens is 998 g/mol. The summed E-state index contributed by atoms with van der Waals surface area (Å²) < 4.78 is 9.43. The molecular formula is C72H50BN3OS2. The molecule has 0 amide bonds. The second kappa shape index (κ2) is 17.8. The van der Waals surface area contributed by atoms with Gasteiger partial charge in [0, 0.05) is 80.8 Å². The predicted octanol–water partition coefficient (Wildman–Crippen LogP) is 19.3. The molecule has 12 aromatic carbocycles. The highest BCUT2D eigenvalue weighted by Gasteiger charge is 2.43. The van der Waals surface area contributed by atoms with Crippen molar-refractivity contribution >= 4 is 161 Å². The second-order valence-electron chi connectivity index (χ2n) is 22.1. The first-order valence-electron chi connectivity index (χ1n) is 27.2. The minimum Gasteiger partial charge on any atom is -0.454 e. The summed E-state index contributed by atoms with van der Waals surface area (Å²) in [5, 5.41) is 9.60. The van der Waals surface area contributed by atoms with Gasteiger partial charge in [0.15, 0.2) is 5.58 Å². The van der Waals surface area contributed by atoms with Gasteiger partial charge in [0.1, 0.15) is 5.58 Å². The standard InChI is InChI=1S/C72H50BN3OS2/c1-72(2,3)49-30-34-51(35-31-49)76-63-44-67-59(57-23-12-14-27-66(57)78-67)43-61(63)73-60-37-36-54(75(53-33-29-46-17-8-10-19-48(46)39-53)62-25-15-24-58-56-22-11-13-26-65(56)77-71(58)62)41-68(60)79-69-42-55(40-64(76)70(69)73)74(50-20-5-4-6-21-50)52-32-28-45-16-7-9-18-47(45)38-52/h4-44H,1-3H3. The van der Waals surface area contributed by atoms with Gasteiger partial charge in [0.25, 0.3) is 0 Å². The Morgan fingerprint density at radius 3 is 1.81 bits per heavy atom. The van der Waals surface area contributed by atoms with Crippen LogP contribution in [-0.2, 0) is 5.41 Å². The van der Waals surface area contributed by atoms with Crippen LogP contribution in [0.2, 0.25) is 0 Å². The van der Waals surface area contributed by atoms with Crippen LogP contribution in [0.5, 0.6) is 0 Å². The molecule has 0 saturated carbocycles. The Morgan fingerprint density at radius 2 is 1.05 bits per heavy atom. The molecule has 0 bridgehead atoms. The van der Waals surface area contributed by atoms with E-state index in [-0.39, 0.29) is 12.1 Å². The van der Waals surface area contributed by atoms with Crippen molar-refractivity contribution in [1.29, 1.82) is 0 Å². The van der Waals surface area contributed by atoms with Crippen molar-refractivity contribution in [2.24, 2.45) is 0 Å². The Kier molecular flexibility index (Phi) is 10.4. The second-order valence-corrected chi connectivity index (χ2v) is 24.3. The minimum absolute atomic E-state index is 0.00342. The van der Waals surface area contributed by atoms with Crippen LogP contribution < -0.4 is 31.1 Å². The third kappa shape index (κ3) is 7.44. The third-order valence-electron chi connectivity index (χ3n) is 16.4. The Labute approximate surface area is 467 Å². The molecule has 374 valence electrons. The summed E-state index contributed by atoms with van der Waals surface area (Å²) >= 11 is 3.78. The normalized spacial score (nSPS) is 12.9. The molecule has 0 radical (unpaired) electrons. The van der Waals surface area contributed by atoms with Crippen molar-refractivity contribution in [3.8, 4) is 0 Å². The molecule has 2 aromatic heterocycles. The van der Waals surface area contributed by atoms with E-state index in [9.17, 15) is 0 Å². The fourth-order valence-corrected chi connectivity index (χ4v) is 14.9. The number of hydrogen-bond donors (Lipinski definition) is 0. The van der Waals surface area contributed by atoms with Crippen LogP contribution in [0.4, 0.5) is 51.2 Å². The number of benzene rings is 12. The van der Waals surface area contributed by atoms with Crippen molar-refractivity contribution in [2.75, 3.05) is 14.7 Å². The molecule has 0 unspecified atom stereocenters. The van der Waals surface area contributed by atoms with Gasteiger partial charge in [0.05, 0.1) is 5.69 Å². The average Bonchev–Trinajstić information content (AvgIpc) is 4.22. The molecule has 14 aromatic rings. The van der Waals surface area contributed by atoms with E-state index in [0.29, 0.717) is 0 Å². The van der Waals surface area contributed by atoms with E-state index >= 15 is 0 Å². The van der Waals surface area contributed by atoms with Gasteiger partial charge in [-0.25, -0.2) is 0 Å². The number of furan rings is 1. The van der Waals surface area contributed by atoms with E-state index in [0.717, 1.165) is 61.8 Å². The number of anilines is 9. The maximum atomic E-state index is 6.85. The molecule has 2 aliphatic heterocycles. The maximum absolute atomic E-state index is 6.85. The summed E-state index contributed by atoms with van der Waals surface area (Å²) in [5.74, 6) is 0. The van der Waals surface area contributed by atoms with Crippen LogP contribution in [0.3, 0.4) is 0 Å². The van der Waals surface area contributed by atoms with Gasteiger partial charge < -0.3 is 19.1 Å². The van der Waals surface area contributed by atoms with Gasteiger partial charge in [0.2, 0.25) is 6.71 Å². The largest absolute Gasteiger partial charge is 0.454 e. The van der Waals surface area contributed by atoms with E-state index in [4.69, 9.17) is 4.42 Å². The van der Waals surface area contributed by atoms with E-state index in [1.165, 1.54) is 84.8 Å². The van der Waals surface area contributed by atoms with Gasteiger partial charge in [-0.2, -0.15) is 0 Å². The fourth-order valence-electron chi connectivity index (χ4n) is 12.6. The smallest absolute Gasteiger partial charge is 0.249 e. The van der Waals surface area contributed by atoms with Crippen molar-refractivity contribution in [3.05, 3.63) is 254 Å². The van der Waals surface area contributed by atoms with Gasteiger partial charge in [-0.15, -0.1) is 11.3 Å². The molecule has 0 spiro atoms. The zero-order valence-electron chi connectivity index (χ0n) is 43.8. The molecule has 4 nitrogen and oxygen atoms in total. The van der Waals surface area contributed by atoms with E-state index in [1.54, 1.807) is 0 Å². The molecule has 0 atom stereocenters. The number of para-hydroxylation sites is 3. The monoisotopic (exact) mass is 1050 g/mol. The molecule has 0 N–H and O–H groups in total. The number of rotatable bonds is 7. The first-order valence-corrected chi connectivity index (χ1v) is 28.8. The summed E-state index contributed by atoms with van der Waals surface area (Å²) in [6, 6.07) is 92.3. The molecule has 0 aliphatic carbocycles. The number of thiophene rings is 1. The van der Waals surface area contributed by atoms with Gasteiger partial charge >= 0.3 is 0 Å². The van der Waals surface area contributed by atoms with E-state index < -0.39 is 0 Å². The first kappa shape index (κ1) is 46.1. The Bertz CT molecular complexity index is 4790. The van der Waals surface area contributed by atoms with Crippen LogP contribution in [0, 0.1) is 0 Å². The van der Waals surface area contributed by atoms with Crippen molar-refractivity contribution in [3.63, 3.8) is 0 Å². The number of nitrogens with zero attached hydrogens (tertiary/aromatic N) is 3. The van der Waals surface area contributed by atoms with Gasteiger partial charge in [-0.3, -0.25) is 0 Å². The Hall–Kier alpha value is -9.01. The quantitative estimate of drug-likeness (QED) is 0.148. The lowest BCUT2D eigenvalue weighted by molar-refractivity contribution is 0.590. The van der Waals surface area contributed by atoms with Gasteiger partial charge in [-0.05, 0) is 146 Å². The van der Waals surface area contributed by atoms with Crippen molar-refractivity contribution in [2.45, 2.75) is 36.0 Å². The highest BCUT2D eigenvalue weighted by molar-refractivity contribution is 8.00. The molecule has 16 rings (SSSR count). The van der Waals surface area contributed by atoms with Crippen molar-refractivity contribution in [1.82, 2.24) is 0 Å². The van der Waals surface area contributed by atoms with Crippen LogP contribution in [0.1, 0.15) is 26.3 Å². The average molecular weight is 1050 g/mol. The highest BCUT2D eigenvalue weighted by atomic mass is 32.2. The summed E-state index contributed by atoms with van der Waals surface area (Å²) in [6.45, 7) is 6.83. The topological polar surface area (TPSA) is 22.9 Å². The number of hydrogen-bond acceptors (Lipinski definition) is 6. The Balaban J connectivity index is 0.966. The van der Waals surface area contributed by atoms with Crippen LogP contribution in [-0.4, -0.2) is 6.71 Å². The molecule has 2 aliphatic rings. The minimum atomic E-state index is -0.0636. The number of fused-ring (bicyclic) bond motifs is 12. The van der Waals surface area contributed by atoms with Crippen molar-refractivity contribution < 1.29 is 4.42 Å². The molecule has 7 heteroatoms. The van der Waals surface area contributed by atoms with E-state index in [1.807, 2.05) is 23.1 Å². The summed E-state index contributed by atoms with van der Waals surface area (Å²) in [5.41, 5.74) is 16.9. The third-order valence-corrected chi connectivity index (χ3v) is 18.6. The predicted molar refractivity (Wildman–Crippen MR) is 340 cm³/mol. The lowest BCUT2D eigenvalue weighted by Gasteiger charge is -2.41. The SMILES string of the molecule is CC(C)(C)c1ccc(N2c3cc4sc5ccccc5c4cc3B3c4ccc(N(c5ccc6ccccc6c5)c5cccc6c5oc5ccccc56)cc4Sc4cc(N(c5ccccc5)c5ccc6ccccc6c5)cc2c43)cc1.